The second-order valence-electron chi connectivity index (χ2n) is 7.64. The number of tetrazole rings is 1. The zero-order valence-corrected chi connectivity index (χ0v) is 17.7. The van der Waals surface area contributed by atoms with E-state index in [1.165, 1.54) is 0 Å². The molecule has 2 aromatic carbocycles. The standard InChI is InChI=1S/C24H21N7O2/c1-16-21(23(32)27-19-8-5-13-25-14-19)22(31-24(26-16)28-29-30-31)18-9-11-20(12-10-18)33-15-17-6-3-2-4-7-17/h2-14,21-22H,1,15H2,(H,27,32)(H,26,28,30)/p+1. The number of nitrogens with one attached hydrogen (secondary N) is 3. The van der Waals surface area contributed by atoms with Gasteiger partial charge in [0, 0.05) is 11.8 Å². The number of fused-ring (bicyclic) bond motifs is 1. The molecule has 3 N–H and O–H groups in total. The highest BCUT2D eigenvalue weighted by Crippen LogP contribution is 2.37. The van der Waals surface area contributed by atoms with Gasteiger partial charge in [0.2, 0.25) is 11.9 Å². The van der Waals surface area contributed by atoms with Crippen molar-refractivity contribution >= 4 is 17.5 Å². The van der Waals surface area contributed by atoms with Crippen LogP contribution in [0.25, 0.3) is 0 Å². The van der Waals surface area contributed by atoms with Crippen LogP contribution in [0.4, 0.5) is 11.6 Å². The molecule has 33 heavy (non-hydrogen) atoms. The van der Waals surface area contributed by atoms with Gasteiger partial charge < -0.3 is 15.4 Å². The Labute approximate surface area is 190 Å². The Balaban J connectivity index is 1.41. The van der Waals surface area contributed by atoms with Crippen LogP contribution in [0.3, 0.4) is 0 Å². The van der Waals surface area contributed by atoms with E-state index in [1.807, 2.05) is 66.7 Å². The number of amides is 1. The number of benzene rings is 2. The highest BCUT2D eigenvalue weighted by Gasteiger charge is 2.40. The molecule has 1 amide bonds. The van der Waals surface area contributed by atoms with Crippen molar-refractivity contribution in [2.24, 2.45) is 5.92 Å². The van der Waals surface area contributed by atoms with Crippen LogP contribution in [0.5, 0.6) is 5.75 Å². The number of hydrogen-bond acceptors (Lipinski definition) is 6. The van der Waals surface area contributed by atoms with E-state index < -0.39 is 12.0 Å². The average Bonchev–Trinajstić information content (AvgIpc) is 3.31. The number of ether oxygens (including phenoxy) is 1. The highest BCUT2D eigenvalue weighted by molar-refractivity contribution is 5.95. The third-order valence-electron chi connectivity index (χ3n) is 5.45. The second kappa shape index (κ2) is 8.91. The van der Waals surface area contributed by atoms with E-state index in [4.69, 9.17) is 4.74 Å². The first kappa shape index (κ1) is 20.4. The van der Waals surface area contributed by atoms with Gasteiger partial charge in [-0.1, -0.05) is 54.1 Å². The van der Waals surface area contributed by atoms with Gasteiger partial charge in [-0.25, -0.2) is 9.67 Å². The minimum Gasteiger partial charge on any atom is -0.489 e. The van der Waals surface area contributed by atoms with Gasteiger partial charge in [-0.15, -0.1) is 0 Å². The predicted molar refractivity (Wildman–Crippen MR) is 121 cm³/mol. The van der Waals surface area contributed by atoms with Crippen LogP contribution in [0, 0.1) is 5.92 Å². The fourth-order valence-electron chi connectivity index (χ4n) is 3.84. The Morgan fingerprint density at radius 3 is 2.70 bits per heavy atom. The van der Waals surface area contributed by atoms with Crippen LogP contribution >= 0.6 is 0 Å². The van der Waals surface area contributed by atoms with E-state index in [1.54, 1.807) is 17.1 Å². The third-order valence-corrected chi connectivity index (χ3v) is 5.45. The summed E-state index contributed by atoms with van der Waals surface area (Å²) in [4.78, 5) is 16.2. The predicted octanol–water partition coefficient (Wildman–Crippen LogP) is 2.85. The van der Waals surface area contributed by atoms with Crippen molar-refractivity contribution in [3.05, 3.63) is 103 Å². The van der Waals surface area contributed by atoms with Crippen molar-refractivity contribution in [2.45, 2.75) is 12.6 Å². The molecule has 2 atom stereocenters. The van der Waals surface area contributed by atoms with Gasteiger partial charge in [0.1, 0.15) is 24.0 Å². The Kier molecular flexibility index (Phi) is 5.50. The minimum absolute atomic E-state index is 0.220. The van der Waals surface area contributed by atoms with Gasteiger partial charge in [-0.3, -0.25) is 4.79 Å². The molecule has 164 valence electrons. The SMILES string of the molecule is C=C1Nc2nnnn2C(c2ccc(OCc3ccccc3)cc2)C1C(=O)Nc1ccc[nH+]c1. The molecule has 4 aromatic rings. The van der Waals surface area contributed by atoms with Crippen molar-refractivity contribution in [1.29, 1.82) is 0 Å². The van der Waals surface area contributed by atoms with Crippen LogP contribution in [0.15, 0.2) is 91.4 Å². The summed E-state index contributed by atoms with van der Waals surface area (Å²) in [5, 5.41) is 17.9. The van der Waals surface area contributed by atoms with Gasteiger partial charge in [-0.2, -0.15) is 0 Å². The van der Waals surface area contributed by atoms with Crippen molar-refractivity contribution < 1.29 is 14.5 Å². The lowest BCUT2D eigenvalue weighted by Gasteiger charge is -2.33. The number of pyridine rings is 1. The molecule has 0 fully saturated rings. The smallest absolute Gasteiger partial charge is 0.247 e. The molecule has 0 aliphatic carbocycles. The summed E-state index contributed by atoms with van der Waals surface area (Å²) >= 11 is 0. The number of anilines is 2. The quantitative estimate of drug-likeness (QED) is 0.477. The third kappa shape index (κ3) is 4.29. The maximum atomic E-state index is 13.3. The van der Waals surface area contributed by atoms with Crippen molar-refractivity contribution in [3.63, 3.8) is 0 Å². The molecule has 0 saturated carbocycles. The molecule has 0 bridgehead atoms. The zero-order valence-electron chi connectivity index (χ0n) is 17.7. The molecular formula is C24H22N7O2+. The maximum Gasteiger partial charge on any atom is 0.247 e. The normalized spacial score (nSPS) is 17.0. The summed E-state index contributed by atoms with van der Waals surface area (Å²) in [7, 11) is 0. The Bertz CT molecular complexity index is 1260. The number of hydrogen-bond donors (Lipinski definition) is 2. The van der Waals surface area contributed by atoms with Gasteiger partial charge in [0.25, 0.3) is 0 Å². The summed E-state index contributed by atoms with van der Waals surface area (Å²) in [6.07, 6.45) is 3.49. The van der Waals surface area contributed by atoms with E-state index in [0.29, 0.717) is 23.9 Å². The van der Waals surface area contributed by atoms with E-state index in [0.717, 1.165) is 16.9 Å². The number of carbonyl (C=O) groups is 1. The average molecular weight is 440 g/mol. The summed E-state index contributed by atoms with van der Waals surface area (Å²) in [5.74, 6) is 0.305. The molecule has 3 heterocycles. The minimum atomic E-state index is -0.641. The largest absolute Gasteiger partial charge is 0.489 e. The first-order valence-electron chi connectivity index (χ1n) is 10.5. The Morgan fingerprint density at radius 2 is 1.94 bits per heavy atom. The number of carbonyl (C=O) groups excluding carboxylic acids is 1. The van der Waals surface area contributed by atoms with Crippen LogP contribution in [-0.4, -0.2) is 26.1 Å². The number of aromatic amines is 1. The summed E-state index contributed by atoms with van der Waals surface area (Å²) in [6, 6.07) is 20.7. The Hall–Kier alpha value is -4.53. The molecule has 1 aliphatic rings. The molecule has 0 spiro atoms. The van der Waals surface area contributed by atoms with Crippen LogP contribution < -0.4 is 20.4 Å². The van der Waals surface area contributed by atoms with Gasteiger partial charge in [-0.05, 0) is 39.8 Å². The second-order valence-corrected chi connectivity index (χ2v) is 7.64. The number of aromatic nitrogens is 5. The van der Waals surface area contributed by atoms with E-state index >= 15 is 0 Å². The molecule has 5 rings (SSSR count). The van der Waals surface area contributed by atoms with E-state index in [2.05, 4.69) is 37.7 Å². The molecule has 2 unspecified atom stereocenters. The van der Waals surface area contributed by atoms with Gasteiger partial charge in [0.05, 0.1) is 6.04 Å². The number of rotatable bonds is 6. The first-order valence-corrected chi connectivity index (χ1v) is 10.5. The lowest BCUT2D eigenvalue weighted by molar-refractivity contribution is -0.377. The molecule has 0 radical (unpaired) electrons. The molecule has 9 nitrogen and oxygen atoms in total. The van der Waals surface area contributed by atoms with Crippen molar-refractivity contribution in [2.75, 3.05) is 10.6 Å². The lowest BCUT2D eigenvalue weighted by atomic mass is 9.88. The molecule has 2 aromatic heterocycles. The van der Waals surface area contributed by atoms with E-state index in [9.17, 15) is 4.79 Å². The van der Waals surface area contributed by atoms with Crippen LogP contribution in [0.1, 0.15) is 17.2 Å². The number of H-pyrrole nitrogens is 1. The number of nitrogens with zero attached hydrogens (tertiary/aromatic N) is 4. The lowest BCUT2D eigenvalue weighted by Crippen LogP contribution is -2.39. The van der Waals surface area contributed by atoms with Crippen LogP contribution in [-0.2, 0) is 11.4 Å². The molecule has 0 saturated heterocycles. The summed E-state index contributed by atoms with van der Waals surface area (Å²) in [6.45, 7) is 4.55. The fraction of sp³-hybridized carbons (Fsp3) is 0.125. The fourth-order valence-corrected chi connectivity index (χ4v) is 3.84. The highest BCUT2D eigenvalue weighted by atomic mass is 16.5. The molecular weight excluding hydrogens is 418 g/mol. The van der Waals surface area contributed by atoms with Crippen molar-refractivity contribution in [3.8, 4) is 5.75 Å². The molecule has 9 heteroatoms. The topological polar surface area (TPSA) is 108 Å². The first-order chi connectivity index (χ1) is 16.2. The van der Waals surface area contributed by atoms with Crippen molar-refractivity contribution in [1.82, 2.24) is 20.2 Å². The van der Waals surface area contributed by atoms with Gasteiger partial charge in [0.15, 0.2) is 12.4 Å². The van der Waals surface area contributed by atoms with Gasteiger partial charge >= 0.3 is 0 Å². The summed E-state index contributed by atoms with van der Waals surface area (Å²) < 4.78 is 7.51. The maximum absolute atomic E-state index is 13.3. The monoisotopic (exact) mass is 440 g/mol. The Morgan fingerprint density at radius 1 is 1.12 bits per heavy atom. The zero-order chi connectivity index (χ0) is 22.6. The summed E-state index contributed by atoms with van der Waals surface area (Å²) in [5.41, 5.74) is 3.12. The van der Waals surface area contributed by atoms with E-state index in [-0.39, 0.29) is 5.91 Å². The molecule has 1 aliphatic heterocycles. The van der Waals surface area contributed by atoms with Crippen LogP contribution in [0.2, 0.25) is 0 Å².